The van der Waals surface area contributed by atoms with E-state index in [2.05, 4.69) is 6.07 Å². The summed E-state index contributed by atoms with van der Waals surface area (Å²) in [7, 11) is 0. The van der Waals surface area contributed by atoms with Gasteiger partial charge in [0.25, 0.3) is 0 Å². The average Bonchev–Trinajstić information content (AvgIpc) is 3.06. The van der Waals surface area contributed by atoms with E-state index in [-0.39, 0.29) is 22.8 Å². The van der Waals surface area contributed by atoms with Crippen LogP contribution in [0.25, 0.3) is 6.08 Å². The second-order valence-electron chi connectivity index (χ2n) is 8.36. The summed E-state index contributed by atoms with van der Waals surface area (Å²) in [5, 5.41) is 0.747. The molecule has 1 aliphatic heterocycles. The molecule has 1 fully saturated rings. The molecule has 2 aliphatic rings. The topological polar surface area (TPSA) is 46.3 Å². The number of hydrogen-bond donors (Lipinski definition) is 1. The van der Waals surface area contributed by atoms with Crippen molar-refractivity contribution in [1.29, 1.82) is 0 Å². The van der Waals surface area contributed by atoms with Gasteiger partial charge in [0.05, 0.1) is 5.56 Å². The molecule has 1 amide bonds. The number of fused-ring (bicyclic) bond motifs is 2. The van der Waals surface area contributed by atoms with Gasteiger partial charge in [0.1, 0.15) is 0 Å². The quantitative estimate of drug-likeness (QED) is 0.641. The van der Waals surface area contributed by atoms with Crippen molar-refractivity contribution < 1.29 is 18.0 Å². The molecule has 0 saturated carbocycles. The maximum absolute atomic E-state index is 13.2. The first kappa shape index (κ1) is 21.9. The van der Waals surface area contributed by atoms with E-state index in [1.54, 1.807) is 4.90 Å². The van der Waals surface area contributed by atoms with E-state index in [0.717, 1.165) is 35.9 Å². The zero-order valence-corrected chi connectivity index (χ0v) is 17.7. The third-order valence-corrected chi connectivity index (χ3v) is 6.96. The molecule has 4 rings (SSSR count). The Bertz CT molecular complexity index is 1010. The standard InChI is InChI=1S/C24H24ClF3N2O/c25-20-7-3-5-18-17(15-29)14-23(22(18)20)10-12-30(13-11-23)21(31)9-8-16-4-1-2-6-19(16)24(26,27)28/h1-9,17H,10-15,29H2/b9-8+. The van der Waals surface area contributed by atoms with Gasteiger partial charge in [-0.15, -0.1) is 0 Å². The molecule has 1 atom stereocenters. The van der Waals surface area contributed by atoms with Gasteiger partial charge in [-0.3, -0.25) is 4.79 Å². The summed E-state index contributed by atoms with van der Waals surface area (Å²) < 4.78 is 39.5. The van der Waals surface area contributed by atoms with Crippen LogP contribution in [0.1, 0.15) is 47.4 Å². The van der Waals surface area contributed by atoms with Crippen LogP contribution in [0.3, 0.4) is 0 Å². The molecule has 1 unspecified atom stereocenters. The van der Waals surface area contributed by atoms with Gasteiger partial charge in [-0.1, -0.05) is 41.9 Å². The first-order valence-electron chi connectivity index (χ1n) is 10.4. The first-order valence-corrected chi connectivity index (χ1v) is 10.8. The van der Waals surface area contributed by atoms with E-state index in [1.165, 1.54) is 35.9 Å². The number of nitrogens with zero attached hydrogens (tertiary/aromatic N) is 1. The fourth-order valence-electron chi connectivity index (χ4n) is 5.11. The molecular weight excluding hydrogens is 425 g/mol. The highest BCUT2D eigenvalue weighted by Crippen LogP contribution is 2.53. The Morgan fingerprint density at radius 1 is 1.16 bits per heavy atom. The molecule has 1 aliphatic carbocycles. The zero-order valence-electron chi connectivity index (χ0n) is 17.0. The van der Waals surface area contributed by atoms with Gasteiger partial charge < -0.3 is 10.6 Å². The van der Waals surface area contributed by atoms with Crippen LogP contribution < -0.4 is 5.73 Å². The van der Waals surface area contributed by atoms with Crippen LogP contribution in [0.5, 0.6) is 0 Å². The molecule has 7 heteroatoms. The number of hydrogen-bond acceptors (Lipinski definition) is 2. The molecule has 2 aromatic rings. The number of benzene rings is 2. The molecule has 164 valence electrons. The number of carbonyl (C=O) groups excluding carboxylic acids is 1. The predicted molar refractivity (Wildman–Crippen MR) is 116 cm³/mol. The van der Waals surface area contributed by atoms with Crippen LogP contribution in [-0.4, -0.2) is 30.4 Å². The molecule has 2 N–H and O–H groups in total. The Labute approximate surface area is 184 Å². The zero-order chi connectivity index (χ0) is 22.2. The number of likely N-dealkylation sites (tertiary alicyclic amines) is 1. The van der Waals surface area contributed by atoms with E-state index >= 15 is 0 Å². The van der Waals surface area contributed by atoms with Crippen molar-refractivity contribution in [3.63, 3.8) is 0 Å². The summed E-state index contributed by atoms with van der Waals surface area (Å²) in [6.07, 6.45) is 0.468. The maximum atomic E-state index is 13.2. The smallest absolute Gasteiger partial charge is 0.339 e. The van der Waals surface area contributed by atoms with Crippen molar-refractivity contribution in [1.82, 2.24) is 4.90 Å². The van der Waals surface area contributed by atoms with Crippen LogP contribution in [-0.2, 0) is 16.4 Å². The number of alkyl halides is 3. The Balaban J connectivity index is 1.48. The van der Waals surface area contributed by atoms with Crippen molar-refractivity contribution in [3.05, 3.63) is 75.8 Å². The number of amides is 1. The lowest BCUT2D eigenvalue weighted by Crippen LogP contribution is -2.44. The van der Waals surface area contributed by atoms with Gasteiger partial charge in [0.15, 0.2) is 0 Å². The monoisotopic (exact) mass is 448 g/mol. The molecule has 0 radical (unpaired) electrons. The highest BCUT2D eigenvalue weighted by molar-refractivity contribution is 6.31. The van der Waals surface area contributed by atoms with Crippen molar-refractivity contribution in [2.45, 2.75) is 36.8 Å². The minimum Gasteiger partial charge on any atom is -0.339 e. The molecule has 0 aromatic heterocycles. The summed E-state index contributed by atoms with van der Waals surface area (Å²) in [4.78, 5) is 14.4. The lowest BCUT2D eigenvalue weighted by Gasteiger charge is -2.40. The summed E-state index contributed by atoms with van der Waals surface area (Å²) >= 11 is 6.56. The fourth-order valence-corrected chi connectivity index (χ4v) is 5.49. The summed E-state index contributed by atoms with van der Waals surface area (Å²) in [5.74, 6) is -0.0192. The Hall–Kier alpha value is -2.31. The van der Waals surface area contributed by atoms with E-state index in [9.17, 15) is 18.0 Å². The maximum Gasteiger partial charge on any atom is 0.416 e. The Morgan fingerprint density at radius 3 is 2.55 bits per heavy atom. The molecule has 31 heavy (non-hydrogen) atoms. The average molecular weight is 449 g/mol. The molecule has 0 bridgehead atoms. The molecule has 1 spiro atoms. The van der Waals surface area contributed by atoms with Gasteiger partial charge in [-0.05, 0) is 66.6 Å². The van der Waals surface area contributed by atoms with Crippen molar-refractivity contribution in [2.24, 2.45) is 5.73 Å². The van der Waals surface area contributed by atoms with Crippen LogP contribution >= 0.6 is 11.6 Å². The molecule has 1 heterocycles. The van der Waals surface area contributed by atoms with Crippen LogP contribution in [0.2, 0.25) is 5.02 Å². The van der Waals surface area contributed by atoms with Gasteiger partial charge in [0.2, 0.25) is 5.91 Å². The number of nitrogens with two attached hydrogens (primary N) is 1. The van der Waals surface area contributed by atoms with Crippen LogP contribution in [0.4, 0.5) is 13.2 Å². The number of halogens is 4. The van der Waals surface area contributed by atoms with E-state index in [0.29, 0.717) is 19.6 Å². The van der Waals surface area contributed by atoms with Crippen molar-refractivity contribution in [2.75, 3.05) is 19.6 Å². The molecule has 1 saturated heterocycles. The SMILES string of the molecule is NCC1CC2(CCN(C(=O)/C=C/c3ccccc3C(F)(F)F)CC2)c2c(Cl)cccc21. The van der Waals surface area contributed by atoms with E-state index < -0.39 is 11.7 Å². The predicted octanol–water partition coefficient (Wildman–Crippen LogP) is 5.38. The number of rotatable bonds is 3. The molecule has 2 aromatic carbocycles. The number of piperidine rings is 1. The third kappa shape index (κ3) is 4.11. The second kappa shape index (κ2) is 8.32. The van der Waals surface area contributed by atoms with Gasteiger partial charge in [0, 0.05) is 29.6 Å². The van der Waals surface area contributed by atoms with Crippen molar-refractivity contribution >= 4 is 23.6 Å². The minimum atomic E-state index is -4.46. The summed E-state index contributed by atoms with van der Waals surface area (Å²) in [6, 6.07) is 11.2. The minimum absolute atomic E-state index is 0.0147. The first-order chi connectivity index (χ1) is 14.7. The van der Waals surface area contributed by atoms with E-state index in [1.807, 2.05) is 12.1 Å². The van der Waals surface area contributed by atoms with E-state index in [4.69, 9.17) is 17.3 Å². The normalized spacial score (nSPS) is 20.4. The summed E-state index contributed by atoms with van der Waals surface area (Å²) in [6.45, 7) is 1.62. The van der Waals surface area contributed by atoms with Crippen molar-refractivity contribution in [3.8, 4) is 0 Å². The largest absolute Gasteiger partial charge is 0.416 e. The van der Waals surface area contributed by atoms with Gasteiger partial charge in [-0.2, -0.15) is 13.2 Å². The highest BCUT2D eigenvalue weighted by Gasteiger charge is 2.46. The Kier molecular flexibility index (Phi) is 5.88. The fraction of sp³-hybridized carbons (Fsp3) is 0.375. The second-order valence-corrected chi connectivity index (χ2v) is 8.77. The lowest BCUT2D eigenvalue weighted by molar-refractivity contribution is -0.137. The van der Waals surface area contributed by atoms with Gasteiger partial charge >= 0.3 is 6.18 Å². The highest BCUT2D eigenvalue weighted by atomic mass is 35.5. The molecular formula is C24H24ClF3N2O. The third-order valence-electron chi connectivity index (χ3n) is 6.64. The van der Waals surface area contributed by atoms with Crippen LogP contribution in [0.15, 0.2) is 48.5 Å². The lowest BCUT2D eigenvalue weighted by atomic mass is 9.73. The Morgan fingerprint density at radius 2 is 1.87 bits per heavy atom. The molecule has 3 nitrogen and oxygen atoms in total. The van der Waals surface area contributed by atoms with Gasteiger partial charge in [-0.25, -0.2) is 0 Å². The van der Waals surface area contributed by atoms with Crippen LogP contribution in [0, 0.1) is 0 Å². The number of carbonyl (C=O) groups is 1. The summed E-state index contributed by atoms with van der Waals surface area (Å²) in [5.41, 5.74) is 7.51.